The topological polar surface area (TPSA) is 59.3 Å². The van der Waals surface area contributed by atoms with Crippen molar-refractivity contribution in [1.29, 1.82) is 0 Å². The second-order valence-electron chi connectivity index (χ2n) is 5.28. The lowest BCUT2D eigenvalue weighted by atomic mass is 10.2. The van der Waals surface area contributed by atoms with Crippen molar-refractivity contribution in [2.75, 3.05) is 5.32 Å². The Morgan fingerprint density at radius 1 is 1.27 bits per heavy atom. The zero-order chi connectivity index (χ0) is 15.7. The van der Waals surface area contributed by atoms with Crippen molar-refractivity contribution in [2.45, 2.75) is 19.8 Å². The Kier molecular flexibility index (Phi) is 3.81. The molecule has 0 saturated carbocycles. The van der Waals surface area contributed by atoms with Crippen molar-refractivity contribution in [3.8, 4) is 0 Å². The summed E-state index contributed by atoms with van der Waals surface area (Å²) in [5.74, 6) is 0.727. The Hall–Kier alpha value is -2.40. The molecule has 3 rings (SSSR count). The van der Waals surface area contributed by atoms with Gasteiger partial charge in [-0.1, -0.05) is 31.5 Å². The Morgan fingerprint density at radius 2 is 2.09 bits per heavy atom. The van der Waals surface area contributed by atoms with Crippen LogP contribution in [0.5, 0.6) is 0 Å². The SMILES string of the molecule is CC(C)c1nc2c(NC(=O)c3cccc(Cl)c3)cccn2n1. The molecule has 0 aliphatic heterocycles. The van der Waals surface area contributed by atoms with Gasteiger partial charge in [-0.15, -0.1) is 0 Å². The number of pyridine rings is 1. The molecular formula is C16H15ClN4O. The van der Waals surface area contributed by atoms with E-state index < -0.39 is 0 Å². The van der Waals surface area contributed by atoms with Gasteiger partial charge in [0.1, 0.15) is 0 Å². The number of benzene rings is 1. The molecule has 0 aliphatic carbocycles. The minimum Gasteiger partial charge on any atom is -0.319 e. The number of hydrogen-bond donors (Lipinski definition) is 1. The lowest BCUT2D eigenvalue weighted by Gasteiger charge is -2.06. The molecule has 22 heavy (non-hydrogen) atoms. The zero-order valence-corrected chi connectivity index (χ0v) is 13.0. The number of fused-ring (bicyclic) bond motifs is 1. The summed E-state index contributed by atoms with van der Waals surface area (Å²) in [7, 11) is 0. The van der Waals surface area contributed by atoms with E-state index in [1.54, 1.807) is 34.8 Å². The predicted molar refractivity (Wildman–Crippen MR) is 86.5 cm³/mol. The zero-order valence-electron chi connectivity index (χ0n) is 12.2. The van der Waals surface area contributed by atoms with E-state index >= 15 is 0 Å². The molecule has 0 radical (unpaired) electrons. The standard InChI is InChI=1S/C16H15ClN4O/c1-10(2)14-19-15-13(7-4-8-21(15)20-14)18-16(22)11-5-3-6-12(17)9-11/h3-10H,1-2H3,(H,18,22). The molecule has 0 aliphatic rings. The van der Waals surface area contributed by atoms with Gasteiger partial charge in [-0.3, -0.25) is 4.79 Å². The smallest absolute Gasteiger partial charge is 0.255 e. The van der Waals surface area contributed by atoms with Crippen LogP contribution in [-0.4, -0.2) is 20.5 Å². The van der Waals surface area contributed by atoms with E-state index in [0.29, 0.717) is 21.9 Å². The first-order valence-electron chi connectivity index (χ1n) is 6.97. The molecule has 1 amide bonds. The Balaban J connectivity index is 1.95. The quantitative estimate of drug-likeness (QED) is 0.800. The highest BCUT2D eigenvalue weighted by atomic mass is 35.5. The number of halogens is 1. The third-order valence-corrected chi connectivity index (χ3v) is 3.47. The van der Waals surface area contributed by atoms with Gasteiger partial charge >= 0.3 is 0 Å². The molecule has 0 unspecified atom stereocenters. The first-order chi connectivity index (χ1) is 10.5. The Labute approximate surface area is 132 Å². The molecule has 5 nitrogen and oxygen atoms in total. The monoisotopic (exact) mass is 314 g/mol. The molecular weight excluding hydrogens is 300 g/mol. The van der Waals surface area contributed by atoms with E-state index in [1.165, 1.54) is 0 Å². The maximum atomic E-state index is 12.3. The molecule has 0 fully saturated rings. The number of amides is 1. The first kappa shape index (κ1) is 14.5. The third kappa shape index (κ3) is 2.80. The number of carbonyl (C=O) groups excluding carboxylic acids is 1. The van der Waals surface area contributed by atoms with Crippen LogP contribution >= 0.6 is 11.6 Å². The largest absolute Gasteiger partial charge is 0.319 e. The van der Waals surface area contributed by atoms with Gasteiger partial charge in [-0.05, 0) is 30.3 Å². The summed E-state index contributed by atoms with van der Waals surface area (Å²) >= 11 is 5.92. The van der Waals surface area contributed by atoms with E-state index in [0.717, 1.165) is 5.82 Å². The van der Waals surface area contributed by atoms with Crippen molar-refractivity contribution in [3.05, 3.63) is 59.0 Å². The number of hydrogen-bond acceptors (Lipinski definition) is 3. The molecule has 0 saturated heterocycles. The summed E-state index contributed by atoms with van der Waals surface area (Å²) in [6.45, 7) is 4.05. The molecule has 1 aromatic carbocycles. The molecule has 1 N–H and O–H groups in total. The average Bonchev–Trinajstić information content (AvgIpc) is 2.92. The predicted octanol–water partition coefficient (Wildman–Crippen LogP) is 3.76. The minimum atomic E-state index is -0.232. The van der Waals surface area contributed by atoms with Gasteiger partial charge in [0.05, 0.1) is 5.69 Å². The first-order valence-corrected chi connectivity index (χ1v) is 7.34. The molecule has 0 atom stereocenters. The van der Waals surface area contributed by atoms with E-state index in [1.807, 2.05) is 26.1 Å². The van der Waals surface area contributed by atoms with Crippen molar-refractivity contribution in [2.24, 2.45) is 0 Å². The van der Waals surface area contributed by atoms with Crippen molar-refractivity contribution in [3.63, 3.8) is 0 Å². The van der Waals surface area contributed by atoms with E-state index in [4.69, 9.17) is 11.6 Å². The van der Waals surface area contributed by atoms with Crippen molar-refractivity contribution < 1.29 is 4.79 Å². The highest BCUT2D eigenvalue weighted by Crippen LogP contribution is 2.19. The fourth-order valence-corrected chi connectivity index (χ4v) is 2.28. The summed E-state index contributed by atoms with van der Waals surface area (Å²) in [4.78, 5) is 16.8. The van der Waals surface area contributed by atoms with Gasteiger partial charge in [-0.25, -0.2) is 9.50 Å². The average molecular weight is 315 g/mol. The summed E-state index contributed by atoms with van der Waals surface area (Å²) in [6.07, 6.45) is 1.81. The summed E-state index contributed by atoms with van der Waals surface area (Å²) < 4.78 is 1.67. The third-order valence-electron chi connectivity index (χ3n) is 3.23. The van der Waals surface area contributed by atoms with E-state index in [9.17, 15) is 4.79 Å². The second kappa shape index (κ2) is 5.77. The number of aromatic nitrogens is 3. The minimum absolute atomic E-state index is 0.219. The molecule has 3 aromatic rings. The molecule has 2 heterocycles. The summed E-state index contributed by atoms with van der Waals surface area (Å²) in [5, 5.41) is 7.78. The summed E-state index contributed by atoms with van der Waals surface area (Å²) in [5.41, 5.74) is 1.74. The normalized spacial score (nSPS) is 11.1. The van der Waals surface area contributed by atoms with Gasteiger partial charge in [0.15, 0.2) is 11.5 Å². The number of nitrogens with zero attached hydrogens (tertiary/aromatic N) is 3. The molecule has 112 valence electrons. The van der Waals surface area contributed by atoms with Crippen LogP contribution in [0.2, 0.25) is 5.02 Å². The summed E-state index contributed by atoms with van der Waals surface area (Å²) in [6, 6.07) is 10.4. The maximum absolute atomic E-state index is 12.3. The van der Waals surface area contributed by atoms with Crippen LogP contribution in [0.1, 0.15) is 35.9 Å². The van der Waals surface area contributed by atoms with E-state index in [-0.39, 0.29) is 11.8 Å². The highest BCUT2D eigenvalue weighted by Gasteiger charge is 2.13. The van der Waals surface area contributed by atoms with Crippen LogP contribution in [0.4, 0.5) is 5.69 Å². The Bertz CT molecular complexity index is 841. The lowest BCUT2D eigenvalue weighted by molar-refractivity contribution is 0.102. The lowest BCUT2D eigenvalue weighted by Crippen LogP contribution is -2.12. The van der Waals surface area contributed by atoms with Gasteiger partial charge in [-0.2, -0.15) is 5.10 Å². The van der Waals surface area contributed by atoms with Crippen molar-refractivity contribution in [1.82, 2.24) is 14.6 Å². The second-order valence-corrected chi connectivity index (χ2v) is 5.72. The maximum Gasteiger partial charge on any atom is 0.255 e. The van der Waals surface area contributed by atoms with Crippen LogP contribution in [0.25, 0.3) is 5.65 Å². The van der Waals surface area contributed by atoms with E-state index in [2.05, 4.69) is 15.4 Å². The van der Waals surface area contributed by atoms with Gasteiger partial charge in [0, 0.05) is 22.7 Å². The Morgan fingerprint density at radius 3 is 2.82 bits per heavy atom. The number of anilines is 1. The molecule has 0 bridgehead atoms. The number of carbonyl (C=O) groups is 1. The van der Waals surface area contributed by atoms with Gasteiger partial charge in [0.25, 0.3) is 5.91 Å². The van der Waals surface area contributed by atoms with Crippen LogP contribution in [0, 0.1) is 0 Å². The van der Waals surface area contributed by atoms with Gasteiger partial charge < -0.3 is 5.32 Å². The van der Waals surface area contributed by atoms with Crippen LogP contribution in [0.3, 0.4) is 0 Å². The highest BCUT2D eigenvalue weighted by molar-refractivity contribution is 6.31. The van der Waals surface area contributed by atoms with Crippen LogP contribution in [0.15, 0.2) is 42.6 Å². The molecule has 6 heteroatoms. The van der Waals surface area contributed by atoms with Crippen molar-refractivity contribution >= 4 is 28.8 Å². The van der Waals surface area contributed by atoms with Gasteiger partial charge in [0.2, 0.25) is 0 Å². The number of nitrogens with one attached hydrogen (secondary N) is 1. The van der Waals surface area contributed by atoms with Crippen LogP contribution < -0.4 is 5.32 Å². The molecule has 0 spiro atoms. The molecule has 2 aromatic heterocycles. The fourth-order valence-electron chi connectivity index (χ4n) is 2.09. The fraction of sp³-hybridized carbons (Fsp3) is 0.188. The van der Waals surface area contributed by atoms with Crippen LogP contribution in [-0.2, 0) is 0 Å². The number of rotatable bonds is 3.